The molecule has 8 heteroatoms. The number of esters is 1. The van der Waals surface area contributed by atoms with Gasteiger partial charge in [-0.25, -0.2) is 4.79 Å². The highest BCUT2D eigenvalue weighted by Gasteiger charge is 2.12. The zero-order valence-corrected chi connectivity index (χ0v) is 17.3. The number of nitro benzene ring substituents is 1. The van der Waals surface area contributed by atoms with Crippen molar-refractivity contribution >= 4 is 23.3 Å². The average Bonchev–Trinajstić information content (AvgIpc) is 2.82. The summed E-state index contributed by atoms with van der Waals surface area (Å²) in [5.74, 6) is 0.666. The van der Waals surface area contributed by atoms with Gasteiger partial charge in [0.2, 0.25) is 0 Å². The minimum Gasteiger partial charge on any atom is -0.493 e. The molecule has 0 amide bonds. The number of nitrogens with zero attached hydrogens (tertiary/aromatic N) is 2. The van der Waals surface area contributed by atoms with Crippen molar-refractivity contribution in [2.24, 2.45) is 0 Å². The van der Waals surface area contributed by atoms with Crippen molar-refractivity contribution in [2.75, 3.05) is 14.2 Å². The monoisotopic (exact) mass is 430 g/mol. The fourth-order valence-corrected chi connectivity index (χ4v) is 2.90. The third-order valence-corrected chi connectivity index (χ3v) is 4.51. The summed E-state index contributed by atoms with van der Waals surface area (Å²) in [6.07, 6.45) is 1.66. The molecule has 0 unspecified atom stereocenters. The van der Waals surface area contributed by atoms with Crippen LogP contribution in [0.2, 0.25) is 0 Å². The number of non-ortho nitro benzene ring substituents is 1. The number of methoxy groups -OCH3 is 2. The lowest BCUT2D eigenvalue weighted by Crippen LogP contribution is -2.08. The Bertz CT molecular complexity index is 1230. The summed E-state index contributed by atoms with van der Waals surface area (Å²) in [4.78, 5) is 22.5. The Balaban J connectivity index is 1.83. The third-order valence-electron chi connectivity index (χ3n) is 4.51. The van der Waals surface area contributed by atoms with Gasteiger partial charge >= 0.3 is 5.97 Å². The van der Waals surface area contributed by atoms with E-state index in [4.69, 9.17) is 14.2 Å². The molecular formula is C24H18N2O6. The van der Waals surface area contributed by atoms with Crippen molar-refractivity contribution < 1.29 is 23.9 Å². The highest BCUT2D eigenvalue weighted by atomic mass is 16.6. The number of ether oxygens (including phenoxy) is 3. The summed E-state index contributed by atoms with van der Waals surface area (Å²) < 4.78 is 15.9. The van der Waals surface area contributed by atoms with Crippen molar-refractivity contribution in [3.63, 3.8) is 0 Å². The Morgan fingerprint density at radius 3 is 2.28 bits per heavy atom. The van der Waals surface area contributed by atoms with Gasteiger partial charge in [-0.3, -0.25) is 10.1 Å². The van der Waals surface area contributed by atoms with Crippen LogP contribution in [0.1, 0.15) is 21.5 Å². The van der Waals surface area contributed by atoms with E-state index < -0.39 is 10.9 Å². The van der Waals surface area contributed by atoms with Crippen LogP contribution in [0, 0.1) is 21.4 Å². The molecule has 0 radical (unpaired) electrons. The zero-order chi connectivity index (χ0) is 23.1. The molecule has 0 saturated heterocycles. The number of nitriles is 1. The van der Waals surface area contributed by atoms with Gasteiger partial charge in [0.05, 0.1) is 36.3 Å². The number of hydrogen-bond donors (Lipinski definition) is 0. The molecule has 8 nitrogen and oxygen atoms in total. The number of nitro groups is 1. The lowest BCUT2D eigenvalue weighted by Gasteiger charge is -2.09. The molecule has 0 aliphatic carbocycles. The van der Waals surface area contributed by atoms with E-state index in [9.17, 15) is 20.2 Å². The van der Waals surface area contributed by atoms with E-state index in [1.165, 1.54) is 38.5 Å². The minimum absolute atomic E-state index is 0.118. The fourth-order valence-electron chi connectivity index (χ4n) is 2.90. The van der Waals surface area contributed by atoms with Gasteiger partial charge in [-0.15, -0.1) is 0 Å². The van der Waals surface area contributed by atoms with E-state index in [0.29, 0.717) is 28.2 Å². The van der Waals surface area contributed by atoms with Crippen LogP contribution in [0.4, 0.5) is 5.69 Å². The van der Waals surface area contributed by atoms with Gasteiger partial charge in [-0.2, -0.15) is 5.26 Å². The summed E-state index contributed by atoms with van der Waals surface area (Å²) in [5, 5.41) is 20.4. The van der Waals surface area contributed by atoms with E-state index in [-0.39, 0.29) is 17.0 Å². The second-order valence-electron chi connectivity index (χ2n) is 6.51. The molecule has 0 N–H and O–H groups in total. The van der Waals surface area contributed by atoms with E-state index in [1.807, 2.05) is 0 Å². The fraction of sp³-hybridized carbons (Fsp3) is 0.0833. The van der Waals surface area contributed by atoms with Gasteiger partial charge < -0.3 is 14.2 Å². The lowest BCUT2D eigenvalue weighted by molar-refractivity contribution is -0.384. The van der Waals surface area contributed by atoms with Gasteiger partial charge in [0, 0.05) is 12.1 Å². The molecule has 0 fully saturated rings. The number of rotatable bonds is 7. The molecule has 0 atom stereocenters. The zero-order valence-electron chi connectivity index (χ0n) is 17.3. The van der Waals surface area contributed by atoms with Crippen LogP contribution in [-0.4, -0.2) is 25.1 Å². The molecular weight excluding hydrogens is 412 g/mol. The Hall–Kier alpha value is -4.64. The molecule has 160 valence electrons. The Morgan fingerprint density at radius 1 is 0.969 bits per heavy atom. The molecule has 0 heterocycles. The van der Waals surface area contributed by atoms with Crippen molar-refractivity contribution in [1.29, 1.82) is 5.26 Å². The predicted octanol–water partition coefficient (Wildman–Crippen LogP) is 4.90. The molecule has 0 bridgehead atoms. The molecule has 0 spiro atoms. The molecule has 32 heavy (non-hydrogen) atoms. The van der Waals surface area contributed by atoms with Gasteiger partial charge in [0.15, 0.2) is 11.5 Å². The minimum atomic E-state index is -0.651. The number of carbonyl (C=O) groups excluding carboxylic acids is 1. The number of allylic oxidation sites excluding steroid dienone is 1. The first kappa shape index (κ1) is 22.1. The maximum atomic E-state index is 12.4. The van der Waals surface area contributed by atoms with Crippen LogP contribution in [0.3, 0.4) is 0 Å². The smallest absolute Gasteiger partial charge is 0.343 e. The number of hydrogen-bond acceptors (Lipinski definition) is 7. The Morgan fingerprint density at radius 2 is 1.66 bits per heavy atom. The summed E-state index contributed by atoms with van der Waals surface area (Å²) in [7, 11) is 3.04. The maximum absolute atomic E-state index is 12.4. The molecule has 3 rings (SSSR count). The van der Waals surface area contributed by atoms with Gasteiger partial charge in [-0.1, -0.05) is 12.1 Å². The normalized spacial score (nSPS) is 10.7. The topological polar surface area (TPSA) is 112 Å². The average molecular weight is 430 g/mol. The second-order valence-corrected chi connectivity index (χ2v) is 6.51. The third kappa shape index (κ3) is 5.09. The van der Waals surface area contributed by atoms with Gasteiger partial charge in [0.1, 0.15) is 5.75 Å². The van der Waals surface area contributed by atoms with E-state index >= 15 is 0 Å². The van der Waals surface area contributed by atoms with Crippen molar-refractivity contribution in [3.8, 4) is 23.3 Å². The van der Waals surface area contributed by atoms with Gasteiger partial charge in [0.25, 0.3) is 5.69 Å². The first-order valence-electron chi connectivity index (χ1n) is 9.36. The standard InChI is InChI=1S/C24H18N2O6/c1-30-22-11-8-18(14-23(22)31-2)19(15-25)12-16-4-3-5-21(13-16)32-24(27)17-6-9-20(10-7-17)26(28)29/h3-14H,1-2H3/b19-12-. The van der Waals surface area contributed by atoms with Crippen LogP contribution in [0.25, 0.3) is 11.6 Å². The van der Waals surface area contributed by atoms with E-state index in [0.717, 1.165) is 0 Å². The maximum Gasteiger partial charge on any atom is 0.343 e. The van der Waals surface area contributed by atoms with Crippen LogP contribution in [0.15, 0.2) is 66.7 Å². The summed E-state index contributed by atoms with van der Waals surface area (Å²) in [6, 6.07) is 19.1. The van der Waals surface area contributed by atoms with E-state index in [2.05, 4.69) is 6.07 Å². The van der Waals surface area contributed by atoms with Crippen molar-refractivity contribution in [3.05, 3.63) is 93.5 Å². The molecule has 0 aromatic heterocycles. The molecule has 0 aliphatic rings. The number of carbonyl (C=O) groups is 1. The summed E-state index contributed by atoms with van der Waals surface area (Å²) >= 11 is 0. The van der Waals surface area contributed by atoms with Crippen LogP contribution in [0.5, 0.6) is 17.2 Å². The SMILES string of the molecule is COc1ccc(/C(C#N)=C\c2cccc(OC(=O)c3ccc([N+](=O)[O-])cc3)c2)cc1OC. The molecule has 3 aromatic carbocycles. The van der Waals surface area contributed by atoms with Crippen LogP contribution >= 0.6 is 0 Å². The molecule has 3 aromatic rings. The molecule has 0 saturated carbocycles. The largest absolute Gasteiger partial charge is 0.493 e. The molecule has 0 aliphatic heterocycles. The van der Waals surface area contributed by atoms with Crippen molar-refractivity contribution in [1.82, 2.24) is 0 Å². The first-order valence-corrected chi connectivity index (χ1v) is 9.36. The van der Waals surface area contributed by atoms with Crippen LogP contribution in [-0.2, 0) is 0 Å². The second kappa shape index (κ2) is 9.91. The lowest BCUT2D eigenvalue weighted by atomic mass is 10.0. The van der Waals surface area contributed by atoms with E-state index in [1.54, 1.807) is 48.5 Å². The first-order chi connectivity index (χ1) is 15.4. The Labute approximate surface area is 184 Å². The van der Waals surface area contributed by atoms with Gasteiger partial charge in [-0.05, 0) is 59.7 Å². The highest BCUT2D eigenvalue weighted by Crippen LogP contribution is 2.31. The van der Waals surface area contributed by atoms with Crippen molar-refractivity contribution in [2.45, 2.75) is 0 Å². The number of benzene rings is 3. The van der Waals surface area contributed by atoms with Crippen LogP contribution < -0.4 is 14.2 Å². The Kier molecular flexibility index (Phi) is 6.83. The quantitative estimate of drug-likeness (QED) is 0.131. The summed E-state index contributed by atoms with van der Waals surface area (Å²) in [6.45, 7) is 0. The summed E-state index contributed by atoms with van der Waals surface area (Å²) in [5.41, 5.74) is 1.72. The predicted molar refractivity (Wildman–Crippen MR) is 118 cm³/mol. The highest BCUT2D eigenvalue weighted by molar-refractivity contribution is 5.92.